The molecule has 0 aliphatic carbocycles. The Kier molecular flexibility index (Phi) is 3.44. The van der Waals surface area contributed by atoms with E-state index in [1.807, 2.05) is 0 Å². The van der Waals surface area contributed by atoms with E-state index in [4.69, 9.17) is 11.6 Å². The summed E-state index contributed by atoms with van der Waals surface area (Å²) in [4.78, 5) is 0. The molecule has 0 N–H and O–H groups in total. The van der Waals surface area contributed by atoms with Crippen LogP contribution in [0, 0.1) is 0 Å². The molecule has 0 spiro atoms. The second kappa shape index (κ2) is 4.02. The van der Waals surface area contributed by atoms with Gasteiger partial charge in [0.25, 0.3) is 10.2 Å². The number of rotatable bonds is 5. The van der Waals surface area contributed by atoms with Gasteiger partial charge in [0, 0.05) is 0 Å². The lowest BCUT2D eigenvalue weighted by molar-refractivity contribution is 0.362. The third-order valence-electron chi connectivity index (χ3n) is 2.08. The molecule has 1 aromatic rings. The van der Waals surface area contributed by atoms with E-state index >= 15 is 0 Å². The lowest BCUT2D eigenvalue weighted by atomic mass is 10.1. The lowest BCUT2D eigenvalue weighted by Crippen LogP contribution is -2.20. The van der Waals surface area contributed by atoms with Gasteiger partial charge in [-0.3, -0.25) is 0 Å². The first-order valence-electron chi connectivity index (χ1n) is 4.86. The normalized spacial score (nSPS) is 18.2. The molecule has 100 valence electrons. The van der Waals surface area contributed by atoms with Gasteiger partial charge in [-0.1, -0.05) is 49.8 Å². The second-order valence-corrected chi connectivity index (χ2v) is 7.13. The highest BCUT2D eigenvalue weighted by Crippen LogP contribution is 2.98. The summed E-state index contributed by atoms with van der Waals surface area (Å²) in [5.41, 5.74) is 0.778. The van der Waals surface area contributed by atoms with Crippen molar-refractivity contribution in [3.05, 3.63) is 35.9 Å². The van der Waals surface area contributed by atoms with Crippen molar-refractivity contribution >= 4 is 21.8 Å². The van der Waals surface area contributed by atoms with Crippen LogP contribution in [0.1, 0.15) is 12.0 Å². The number of hydrogen-bond donors (Lipinski definition) is 0. The molecule has 0 bridgehead atoms. The fraction of sp³-hybridized carbons (Fsp3) is 0.400. The monoisotopic (exact) mass is 294 g/mol. The van der Waals surface area contributed by atoms with Crippen molar-refractivity contribution in [2.24, 2.45) is 0 Å². The van der Waals surface area contributed by atoms with Crippen LogP contribution in [0.4, 0.5) is 19.4 Å². The minimum atomic E-state index is -9.38. The smallest absolute Gasteiger partial charge is 0.122 e. The summed E-state index contributed by atoms with van der Waals surface area (Å²) < 4.78 is 60.5. The molecule has 0 saturated carbocycles. The lowest BCUT2D eigenvalue weighted by Gasteiger charge is -2.41. The van der Waals surface area contributed by atoms with E-state index in [0.717, 1.165) is 5.56 Å². The Labute approximate surface area is 101 Å². The van der Waals surface area contributed by atoms with Gasteiger partial charge in [0.2, 0.25) is 0 Å². The number of benzene rings is 1. The van der Waals surface area contributed by atoms with Crippen LogP contribution in [0.5, 0.6) is 0 Å². The van der Waals surface area contributed by atoms with E-state index in [2.05, 4.69) is 0 Å². The molecule has 0 fully saturated rings. The highest BCUT2D eigenvalue weighted by molar-refractivity contribution is 8.45. The van der Waals surface area contributed by atoms with E-state index < -0.39 is 21.4 Å². The number of hydrogen-bond acceptors (Lipinski definition) is 0. The van der Waals surface area contributed by atoms with Crippen molar-refractivity contribution in [1.82, 2.24) is 0 Å². The largest absolute Gasteiger partial charge is 0.287 e. The molecule has 0 aromatic heterocycles. The van der Waals surface area contributed by atoms with E-state index in [1.165, 1.54) is 0 Å². The number of alkyl halides is 1. The zero-order chi connectivity index (χ0) is 13.2. The molecule has 17 heavy (non-hydrogen) atoms. The molecule has 1 unspecified atom stereocenters. The van der Waals surface area contributed by atoms with Gasteiger partial charge in [-0.25, -0.2) is 0 Å². The van der Waals surface area contributed by atoms with E-state index in [0.29, 0.717) is 0 Å². The third-order valence-corrected chi connectivity index (χ3v) is 3.67. The predicted octanol–water partition coefficient (Wildman–Crippen LogP) is 5.53. The Hall–Kier alpha value is -0.490. The maximum Gasteiger partial charge on any atom is 0.287 e. The van der Waals surface area contributed by atoms with Gasteiger partial charge >= 0.3 is 0 Å². The highest BCUT2D eigenvalue weighted by Gasteiger charge is 2.63. The van der Waals surface area contributed by atoms with Gasteiger partial charge in [0.05, 0.1) is 5.38 Å². The first-order valence-corrected chi connectivity index (χ1v) is 7.42. The fourth-order valence-corrected chi connectivity index (χ4v) is 3.07. The molecule has 0 aliphatic heterocycles. The first kappa shape index (κ1) is 14.6. The van der Waals surface area contributed by atoms with Gasteiger partial charge in [-0.05, 0) is 18.4 Å². The summed E-state index contributed by atoms with van der Waals surface area (Å²) in [5.74, 6) is -2.20. The van der Waals surface area contributed by atoms with Crippen molar-refractivity contribution in [3.63, 3.8) is 0 Å². The Bertz CT molecular complexity index is 374. The van der Waals surface area contributed by atoms with Gasteiger partial charge in [0.1, 0.15) is 5.75 Å². The van der Waals surface area contributed by atoms with Crippen molar-refractivity contribution in [2.75, 3.05) is 5.75 Å². The maximum atomic E-state index is 12.1. The van der Waals surface area contributed by atoms with Gasteiger partial charge < -0.3 is 0 Å². The molecule has 1 rings (SSSR count). The minimum Gasteiger partial charge on any atom is -0.122 e. The van der Waals surface area contributed by atoms with Crippen molar-refractivity contribution < 1.29 is 19.4 Å². The maximum absolute atomic E-state index is 12.1. The molecular formula is C10H12ClF5S. The Morgan fingerprint density at radius 2 is 1.53 bits per heavy atom. The minimum absolute atomic E-state index is 0.128. The summed E-state index contributed by atoms with van der Waals surface area (Å²) in [7, 11) is -9.38. The van der Waals surface area contributed by atoms with Gasteiger partial charge in [-0.15, -0.1) is 11.6 Å². The van der Waals surface area contributed by atoms with Crippen LogP contribution >= 0.6 is 21.8 Å². The second-order valence-electron chi connectivity index (χ2n) is 3.92. The molecule has 0 heterocycles. The van der Waals surface area contributed by atoms with Crippen molar-refractivity contribution in [3.8, 4) is 0 Å². The van der Waals surface area contributed by atoms with Gasteiger partial charge in [0.15, 0.2) is 0 Å². The Morgan fingerprint density at radius 3 is 2.00 bits per heavy atom. The van der Waals surface area contributed by atoms with Crippen LogP contribution in [0.15, 0.2) is 30.3 Å². The first-order chi connectivity index (χ1) is 7.45. The van der Waals surface area contributed by atoms with Crippen molar-refractivity contribution in [1.29, 1.82) is 0 Å². The quantitative estimate of drug-likeness (QED) is 0.495. The van der Waals surface area contributed by atoms with E-state index in [9.17, 15) is 19.4 Å². The summed E-state index contributed by atoms with van der Waals surface area (Å²) in [5, 5.41) is -1.59. The molecular weight excluding hydrogens is 283 g/mol. The Morgan fingerprint density at radius 1 is 1.00 bits per heavy atom. The van der Waals surface area contributed by atoms with Crippen LogP contribution < -0.4 is 0 Å². The van der Waals surface area contributed by atoms with Crippen LogP contribution in [0.3, 0.4) is 0 Å². The molecule has 0 radical (unpaired) electrons. The summed E-state index contributed by atoms with van der Waals surface area (Å²) >= 11 is 5.32. The van der Waals surface area contributed by atoms with Crippen LogP contribution in [0.25, 0.3) is 0 Å². The average molecular weight is 295 g/mol. The van der Waals surface area contributed by atoms with Gasteiger partial charge in [-0.2, -0.15) is 0 Å². The van der Waals surface area contributed by atoms with Crippen molar-refractivity contribution in [2.45, 2.75) is 18.2 Å². The topological polar surface area (TPSA) is 0 Å². The highest BCUT2D eigenvalue weighted by atomic mass is 35.5. The molecule has 0 nitrogen and oxygen atoms in total. The molecule has 0 saturated heterocycles. The third kappa shape index (κ3) is 7.44. The van der Waals surface area contributed by atoms with Crippen LogP contribution in [-0.2, 0) is 6.42 Å². The average Bonchev–Trinajstić information content (AvgIpc) is 2.11. The zero-order valence-electron chi connectivity index (χ0n) is 8.76. The standard InChI is InChI=1S/C10H12ClF5S/c11-10(8-17(12,13,14,15)16)7-6-9-4-2-1-3-5-9/h1-5,10H,6-8H2. The van der Waals surface area contributed by atoms with E-state index in [-0.39, 0.29) is 12.8 Å². The number of halogens is 6. The molecule has 1 atom stereocenters. The molecule has 0 amide bonds. The summed E-state index contributed by atoms with van der Waals surface area (Å²) in [6.45, 7) is 0. The molecule has 1 aromatic carbocycles. The summed E-state index contributed by atoms with van der Waals surface area (Å²) in [6.07, 6.45) is 0.125. The van der Waals surface area contributed by atoms with E-state index in [1.54, 1.807) is 30.3 Å². The fourth-order valence-electron chi connectivity index (χ4n) is 1.39. The zero-order valence-corrected chi connectivity index (χ0v) is 10.3. The number of aryl methyl sites for hydroxylation is 1. The SMILES string of the molecule is FS(F)(F)(F)(F)CC(Cl)CCc1ccccc1. The Balaban J connectivity index is 2.50. The van der Waals surface area contributed by atoms with Crippen LogP contribution in [0.2, 0.25) is 0 Å². The molecule has 7 heteroatoms. The summed E-state index contributed by atoms with van der Waals surface area (Å²) in [6, 6.07) is 8.63. The predicted molar refractivity (Wildman–Crippen MR) is 62.4 cm³/mol. The molecule has 0 aliphatic rings. The van der Waals surface area contributed by atoms with Crippen LogP contribution in [-0.4, -0.2) is 11.1 Å².